The van der Waals surface area contributed by atoms with E-state index in [9.17, 15) is 8.78 Å². The second-order valence-electron chi connectivity index (χ2n) is 13.4. The lowest BCUT2D eigenvalue weighted by Crippen LogP contribution is -2.15. The number of hydrogen-bond acceptors (Lipinski definition) is 10. The summed E-state index contributed by atoms with van der Waals surface area (Å²) in [5, 5.41) is 26.4. The summed E-state index contributed by atoms with van der Waals surface area (Å²) in [6.07, 6.45) is 7.22. The fourth-order valence-corrected chi connectivity index (χ4v) is 6.86. The molecule has 2 aliphatic carbocycles. The Labute approximate surface area is 307 Å². The second kappa shape index (κ2) is 13.1. The van der Waals surface area contributed by atoms with Gasteiger partial charge >= 0.3 is 0 Å². The summed E-state index contributed by atoms with van der Waals surface area (Å²) in [4.78, 5) is 8.92. The molecule has 0 saturated heterocycles. The Morgan fingerprint density at radius 3 is 1.52 bits per heavy atom. The van der Waals surface area contributed by atoms with Gasteiger partial charge in [0.05, 0.1) is 43.1 Å². The number of fused-ring (bicyclic) bond motifs is 2. The Morgan fingerprint density at radius 1 is 0.537 bits per heavy atom. The molecule has 0 aliphatic heterocycles. The van der Waals surface area contributed by atoms with Gasteiger partial charge in [-0.1, -0.05) is 24.3 Å². The van der Waals surface area contributed by atoms with E-state index in [0.717, 1.165) is 65.5 Å². The minimum atomic E-state index is -0.285. The summed E-state index contributed by atoms with van der Waals surface area (Å²) in [5.41, 5.74) is 4.80. The van der Waals surface area contributed by atoms with Gasteiger partial charge in [-0.05, 0) is 110 Å². The van der Waals surface area contributed by atoms with Crippen molar-refractivity contribution in [1.82, 2.24) is 49.6 Å². The topological polar surface area (TPSA) is 130 Å². The van der Waals surface area contributed by atoms with Crippen LogP contribution in [0.1, 0.15) is 48.5 Å². The van der Waals surface area contributed by atoms with Crippen molar-refractivity contribution < 1.29 is 18.3 Å². The summed E-state index contributed by atoms with van der Waals surface area (Å²) in [6.45, 7) is 0. The van der Waals surface area contributed by atoms with Gasteiger partial charge in [0.15, 0.2) is 11.6 Å². The molecule has 0 bridgehead atoms. The van der Waals surface area contributed by atoms with Crippen LogP contribution in [0.25, 0.3) is 34.1 Å². The number of aromatic nitrogens is 10. The molecule has 4 heterocycles. The molecule has 268 valence electrons. The first kappa shape index (κ1) is 33.2. The van der Waals surface area contributed by atoms with Gasteiger partial charge in [-0.25, -0.2) is 18.7 Å². The maximum atomic E-state index is 13.2. The third-order valence-corrected chi connectivity index (χ3v) is 10.2. The fourth-order valence-electron chi connectivity index (χ4n) is 6.86. The predicted octanol–water partition coefficient (Wildman–Crippen LogP) is 6.83. The Morgan fingerprint density at radius 2 is 1.02 bits per heavy atom. The highest BCUT2D eigenvalue weighted by molar-refractivity contribution is 5.60. The smallest absolute Gasteiger partial charge is 0.272 e. The molecule has 2 saturated carbocycles. The molecule has 8 aromatic rings. The normalized spacial score (nSPS) is 15.0. The van der Waals surface area contributed by atoms with E-state index >= 15 is 0 Å². The van der Waals surface area contributed by atoms with Crippen molar-refractivity contribution in [1.29, 1.82) is 0 Å². The van der Waals surface area contributed by atoms with E-state index in [1.807, 2.05) is 24.3 Å². The number of hydrogen-bond donors (Lipinski definition) is 0. The van der Waals surface area contributed by atoms with Crippen LogP contribution in [-0.2, 0) is 10.8 Å². The molecule has 2 aliphatic rings. The minimum Gasteiger partial charge on any atom is -0.497 e. The van der Waals surface area contributed by atoms with E-state index in [-0.39, 0.29) is 22.5 Å². The van der Waals surface area contributed by atoms with E-state index in [0.29, 0.717) is 22.9 Å². The molecule has 0 atom stereocenters. The van der Waals surface area contributed by atoms with Gasteiger partial charge in [0.1, 0.15) is 28.8 Å². The van der Waals surface area contributed by atoms with Crippen molar-refractivity contribution in [3.63, 3.8) is 0 Å². The highest BCUT2D eigenvalue weighted by Gasteiger charge is 2.51. The van der Waals surface area contributed by atoms with Crippen molar-refractivity contribution >= 4 is 11.6 Å². The van der Waals surface area contributed by atoms with E-state index < -0.39 is 0 Å². The van der Waals surface area contributed by atoms with Crippen molar-refractivity contribution in [2.45, 2.75) is 36.5 Å². The summed E-state index contributed by atoms with van der Waals surface area (Å²) >= 11 is 0. The van der Waals surface area contributed by atoms with Gasteiger partial charge in [-0.15, -0.1) is 20.4 Å². The molecular weight excluding hydrogens is 691 g/mol. The lowest BCUT2D eigenvalue weighted by molar-refractivity contribution is 0.414. The van der Waals surface area contributed by atoms with E-state index in [1.54, 1.807) is 59.9 Å². The Balaban J connectivity index is 0.000000142. The van der Waals surface area contributed by atoms with Crippen molar-refractivity contribution in [2.75, 3.05) is 14.2 Å². The average Bonchev–Trinajstić information content (AvgIpc) is 4.13. The third-order valence-electron chi connectivity index (χ3n) is 10.2. The van der Waals surface area contributed by atoms with Crippen LogP contribution in [0, 0.1) is 11.6 Å². The molecule has 2 fully saturated rings. The summed E-state index contributed by atoms with van der Waals surface area (Å²) < 4.78 is 40.2. The monoisotopic (exact) mass is 722 g/mol. The zero-order valence-electron chi connectivity index (χ0n) is 29.3. The molecule has 0 amide bonds. The second-order valence-corrected chi connectivity index (χ2v) is 13.4. The van der Waals surface area contributed by atoms with Crippen LogP contribution in [0.4, 0.5) is 8.78 Å². The average molecular weight is 723 g/mol. The molecule has 0 radical (unpaired) electrons. The number of rotatable bonds is 8. The Bertz CT molecular complexity index is 2600. The lowest BCUT2D eigenvalue weighted by atomic mass is 9.95. The molecule has 0 N–H and O–H groups in total. The maximum absolute atomic E-state index is 13.2. The molecule has 54 heavy (non-hydrogen) atoms. The molecule has 0 spiro atoms. The lowest BCUT2D eigenvalue weighted by Gasteiger charge is -2.14. The van der Waals surface area contributed by atoms with Crippen molar-refractivity contribution in [3.05, 3.63) is 144 Å². The van der Waals surface area contributed by atoms with Gasteiger partial charge in [-0.3, -0.25) is 0 Å². The van der Waals surface area contributed by atoms with E-state index in [2.05, 4.69) is 64.8 Å². The molecule has 4 aromatic heterocycles. The van der Waals surface area contributed by atoms with Crippen molar-refractivity contribution in [2.24, 2.45) is 0 Å². The Hall–Kier alpha value is -6.70. The molecule has 4 aromatic carbocycles. The summed E-state index contributed by atoms with van der Waals surface area (Å²) in [7, 11) is 3.31. The zero-order chi connectivity index (χ0) is 36.9. The van der Waals surface area contributed by atoms with Gasteiger partial charge < -0.3 is 9.47 Å². The van der Waals surface area contributed by atoms with Gasteiger partial charge in [0.2, 0.25) is 0 Å². The number of methoxy groups -OCH3 is 2. The summed E-state index contributed by atoms with van der Waals surface area (Å²) in [5.74, 6) is 3.53. The maximum Gasteiger partial charge on any atom is 0.272 e. The first-order valence-corrected chi connectivity index (χ1v) is 17.4. The minimum absolute atomic E-state index is 0.183. The number of nitrogens with zero attached hydrogens (tertiary/aromatic N) is 10. The van der Waals surface area contributed by atoms with Crippen LogP contribution < -0.4 is 9.47 Å². The Kier molecular flexibility index (Phi) is 8.02. The highest BCUT2D eigenvalue weighted by atomic mass is 19.1. The number of benzene rings is 4. The number of halogens is 2. The van der Waals surface area contributed by atoms with Crippen LogP contribution in [0.2, 0.25) is 0 Å². The van der Waals surface area contributed by atoms with Crippen LogP contribution >= 0.6 is 0 Å². The zero-order valence-corrected chi connectivity index (χ0v) is 29.3. The standard InChI is InChI=1S/2C20H16FN5O/c1-27-16-8-4-14(5-9-16)20(10-11-20)18-24-25-19-23-17(12-22-26(18)19)13-2-6-15(21)7-3-13;1-27-16-8-4-14(5-9-16)20(10-11-20)18-23-24-19-22-12-17(25-26(18)19)13-2-6-15(21)7-3-13/h2*2-9,12H,10-11H2,1H3. The van der Waals surface area contributed by atoms with Gasteiger partial charge in [-0.2, -0.15) is 19.2 Å². The molecule has 0 unspecified atom stereocenters. The van der Waals surface area contributed by atoms with Crippen LogP contribution in [0.3, 0.4) is 0 Å². The van der Waals surface area contributed by atoms with Crippen LogP contribution in [-0.4, -0.2) is 63.8 Å². The molecule has 10 rings (SSSR count). The van der Waals surface area contributed by atoms with Gasteiger partial charge in [0, 0.05) is 11.1 Å². The predicted molar refractivity (Wildman–Crippen MR) is 194 cm³/mol. The highest BCUT2D eigenvalue weighted by Crippen LogP contribution is 2.53. The van der Waals surface area contributed by atoms with E-state index in [1.165, 1.54) is 29.8 Å². The third kappa shape index (κ3) is 5.85. The SMILES string of the molecule is COc1ccc(C2(c3nnc4nc(-c5ccc(F)cc5)cnn34)CC2)cc1.COc1ccc(C2(c3nnc4ncc(-c5ccc(F)cc5)nn34)CC2)cc1. The molecular formula is C40H32F2N10O2. The molecule has 14 heteroatoms. The largest absolute Gasteiger partial charge is 0.497 e. The first-order chi connectivity index (χ1) is 26.4. The van der Waals surface area contributed by atoms with E-state index in [4.69, 9.17) is 9.47 Å². The van der Waals surface area contributed by atoms with Crippen molar-refractivity contribution in [3.8, 4) is 34.0 Å². The number of ether oxygens (including phenoxy) is 2. The molecule has 12 nitrogen and oxygen atoms in total. The van der Waals surface area contributed by atoms with Crippen LogP contribution in [0.5, 0.6) is 11.5 Å². The first-order valence-electron chi connectivity index (χ1n) is 17.4. The van der Waals surface area contributed by atoms with Crippen LogP contribution in [0.15, 0.2) is 109 Å². The summed E-state index contributed by atoms with van der Waals surface area (Å²) in [6, 6.07) is 28.4. The fraction of sp³-hybridized carbons (Fsp3) is 0.200. The quantitative estimate of drug-likeness (QED) is 0.165. The van der Waals surface area contributed by atoms with Gasteiger partial charge in [0.25, 0.3) is 11.6 Å².